The van der Waals surface area contributed by atoms with Crippen LogP contribution < -0.4 is 5.32 Å². The van der Waals surface area contributed by atoms with E-state index in [2.05, 4.69) is 35.5 Å². The summed E-state index contributed by atoms with van der Waals surface area (Å²) in [4.78, 5) is 11.7. The molecule has 1 aromatic carbocycles. The van der Waals surface area contributed by atoms with Gasteiger partial charge in [0, 0.05) is 25.3 Å². The first kappa shape index (κ1) is 13.7. The van der Waals surface area contributed by atoms with Gasteiger partial charge in [-0.3, -0.25) is 4.79 Å². The van der Waals surface area contributed by atoms with Crippen molar-refractivity contribution in [3.63, 3.8) is 0 Å². The summed E-state index contributed by atoms with van der Waals surface area (Å²) in [6.07, 6.45) is 10.7. The van der Waals surface area contributed by atoms with Gasteiger partial charge in [0.05, 0.1) is 0 Å². The fraction of sp³-hybridized carbons (Fsp3) is 0.471. The van der Waals surface area contributed by atoms with Crippen LogP contribution in [0.1, 0.15) is 49.1 Å². The number of nitrogens with one attached hydrogen (secondary N) is 1. The molecule has 1 aliphatic rings. The molecule has 0 saturated heterocycles. The molecule has 1 N–H and O–H groups in total. The monoisotopic (exact) mass is 255 g/mol. The zero-order valence-corrected chi connectivity index (χ0v) is 11.3. The molecule has 1 aromatic rings. The summed E-state index contributed by atoms with van der Waals surface area (Å²) >= 11 is 0. The summed E-state index contributed by atoms with van der Waals surface area (Å²) in [5.41, 5.74) is 2.85. The van der Waals surface area contributed by atoms with Gasteiger partial charge in [-0.2, -0.15) is 0 Å². The number of fused-ring (bicyclic) bond motifs is 1. The van der Waals surface area contributed by atoms with Crippen molar-refractivity contribution in [2.75, 3.05) is 6.54 Å². The molecule has 0 spiro atoms. The van der Waals surface area contributed by atoms with Crippen LogP contribution in [-0.4, -0.2) is 12.5 Å². The van der Waals surface area contributed by atoms with Gasteiger partial charge >= 0.3 is 0 Å². The Morgan fingerprint density at radius 1 is 1.37 bits per heavy atom. The predicted octanol–water partition coefficient (Wildman–Crippen LogP) is 3.03. The summed E-state index contributed by atoms with van der Waals surface area (Å²) < 4.78 is 0. The van der Waals surface area contributed by atoms with Crippen LogP contribution in [0.15, 0.2) is 24.3 Å². The number of unbranched alkanes of at least 4 members (excludes halogenated alkanes) is 2. The van der Waals surface area contributed by atoms with Crippen LogP contribution in [0.3, 0.4) is 0 Å². The van der Waals surface area contributed by atoms with Crippen molar-refractivity contribution in [2.45, 2.75) is 44.4 Å². The van der Waals surface area contributed by atoms with Crippen molar-refractivity contribution in [1.82, 2.24) is 5.32 Å². The van der Waals surface area contributed by atoms with Gasteiger partial charge in [0.15, 0.2) is 0 Å². The van der Waals surface area contributed by atoms with Gasteiger partial charge in [-0.15, -0.1) is 12.3 Å². The highest BCUT2D eigenvalue weighted by Gasteiger charge is 2.21. The molecule has 2 rings (SSSR count). The Hall–Kier alpha value is -1.75. The Morgan fingerprint density at radius 2 is 2.21 bits per heavy atom. The second-order valence-electron chi connectivity index (χ2n) is 5.15. The van der Waals surface area contributed by atoms with E-state index in [1.165, 1.54) is 11.1 Å². The number of carbonyl (C=O) groups excluding carboxylic acids is 1. The van der Waals surface area contributed by atoms with Crippen molar-refractivity contribution in [1.29, 1.82) is 0 Å². The molecule has 1 atom stereocenters. The van der Waals surface area contributed by atoms with Crippen molar-refractivity contribution in [2.24, 2.45) is 0 Å². The molecule has 0 aromatic heterocycles. The zero-order valence-electron chi connectivity index (χ0n) is 11.3. The third-order valence-electron chi connectivity index (χ3n) is 3.78. The van der Waals surface area contributed by atoms with Gasteiger partial charge in [0.25, 0.3) is 0 Å². The predicted molar refractivity (Wildman–Crippen MR) is 77.8 cm³/mol. The highest BCUT2D eigenvalue weighted by molar-refractivity contribution is 5.75. The minimum Gasteiger partial charge on any atom is -0.355 e. The molecule has 0 fully saturated rings. The van der Waals surface area contributed by atoms with Crippen LogP contribution in [0.25, 0.3) is 0 Å². The van der Waals surface area contributed by atoms with E-state index in [-0.39, 0.29) is 5.91 Å². The van der Waals surface area contributed by atoms with E-state index in [4.69, 9.17) is 6.42 Å². The molecule has 2 heteroatoms. The lowest BCUT2D eigenvalue weighted by atomic mass is 10.0. The second-order valence-corrected chi connectivity index (χ2v) is 5.15. The van der Waals surface area contributed by atoms with Crippen LogP contribution in [0.4, 0.5) is 0 Å². The SMILES string of the molecule is C#CCCCCC(=O)NC[C@H]1CCc2ccccc21. The number of amides is 1. The van der Waals surface area contributed by atoms with Gasteiger partial charge < -0.3 is 5.32 Å². The molecular weight excluding hydrogens is 234 g/mol. The molecule has 1 aliphatic carbocycles. The summed E-state index contributed by atoms with van der Waals surface area (Å²) in [5, 5.41) is 3.05. The van der Waals surface area contributed by atoms with Gasteiger partial charge in [-0.05, 0) is 36.8 Å². The molecule has 19 heavy (non-hydrogen) atoms. The van der Waals surface area contributed by atoms with Gasteiger partial charge in [-0.1, -0.05) is 24.3 Å². The number of hydrogen-bond acceptors (Lipinski definition) is 1. The Bertz CT molecular complexity index is 472. The summed E-state index contributed by atoms with van der Waals surface area (Å²) in [7, 11) is 0. The number of terminal acetylenes is 1. The first-order valence-corrected chi connectivity index (χ1v) is 7.09. The molecule has 1 amide bonds. The standard InChI is InChI=1S/C17H21NO/c1-2-3-4-5-10-17(19)18-13-15-12-11-14-8-6-7-9-16(14)15/h1,6-9,15H,3-5,10-13H2,(H,18,19)/t15-/m1/s1. The van der Waals surface area contributed by atoms with Gasteiger partial charge in [0.1, 0.15) is 0 Å². The van der Waals surface area contributed by atoms with Crippen molar-refractivity contribution in [3.05, 3.63) is 35.4 Å². The largest absolute Gasteiger partial charge is 0.355 e. The van der Waals surface area contributed by atoms with Crippen LogP contribution in [0.5, 0.6) is 0 Å². The topological polar surface area (TPSA) is 29.1 Å². The van der Waals surface area contributed by atoms with Crippen molar-refractivity contribution >= 4 is 5.91 Å². The minimum absolute atomic E-state index is 0.154. The van der Waals surface area contributed by atoms with Crippen LogP contribution in [0.2, 0.25) is 0 Å². The fourth-order valence-corrected chi connectivity index (χ4v) is 2.70. The zero-order chi connectivity index (χ0) is 13.5. The molecule has 0 heterocycles. The third kappa shape index (κ3) is 3.86. The Morgan fingerprint density at radius 3 is 3.05 bits per heavy atom. The second kappa shape index (κ2) is 6.99. The molecule has 0 bridgehead atoms. The van der Waals surface area contributed by atoms with E-state index in [0.29, 0.717) is 12.3 Å². The molecular formula is C17H21NO. The van der Waals surface area contributed by atoms with Crippen molar-refractivity contribution in [3.8, 4) is 12.3 Å². The first-order valence-electron chi connectivity index (χ1n) is 7.09. The number of carbonyl (C=O) groups is 1. The Kier molecular flexibility index (Phi) is 5.03. The lowest BCUT2D eigenvalue weighted by Gasteiger charge is -2.12. The maximum absolute atomic E-state index is 11.7. The lowest BCUT2D eigenvalue weighted by Crippen LogP contribution is -2.27. The number of benzene rings is 1. The first-order chi connectivity index (χ1) is 9.31. The van der Waals surface area contributed by atoms with E-state index in [9.17, 15) is 4.79 Å². The van der Waals surface area contributed by atoms with E-state index >= 15 is 0 Å². The van der Waals surface area contributed by atoms with Gasteiger partial charge in [-0.25, -0.2) is 0 Å². The highest BCUT2D eigenvalue weighted by Crippen LogP contribution is 2.32. The smallest absolute Gasteiger partial charge is 0.220 e. The quantitative estimate of drug-likeness (QED) is 0.614. The van der Waals surface area contributed by atoms with E-state index < -0.39 is 0 Å². The molecule has 0 unspecified atom stereocenters. The third-order valence-corrected chi connectivity index (χ3v) is 3.78. The van der Waals surface area contributed by atoms with E-state index in [0.717, 1.165) is 38.6 Å². The molecule has 0 radical (unpaired) electrons. The maximum Gasteiger partial charge on any atom is 0.220 e. The highest BCUT2D eigenvalue weighted by atomic mass is 16.1. The molecule has 2 nitrogen and oxygen atoms in total. The van der Waals surface area contributed by atoms with Gasteiger partial charge in [0.2, 0.25) is 5.91 Å². The molecule has 0 saturated carbocycles. The number of aryl methyl sites for hydroxylation is 1. The fourth-order valence-electron chi connectivity index (χ4n) is 2.70. The number of rotatable bonds is 6. The van der Waals surface area contributed by atoms with E-state index in [1.807, 2.05) is 0 Å². The summed E-state index contributed by atoms with van der Waals surface area (Å²) in [6, 6.07) is 8.55. The van der Waals surface area contributed by atoms with Crippen LogP contribution in [-0.2, 0) is 11.2 Å². The maximum atomic E-state index is 11.7. The summed E-state index contributed by atoms with van der Waals surface area (Å²) in [6.45, 7) is 0.769. The normalized spacial score (nSPS) is 16.7. The van der Waals surface area contributed by atoms with E-state index in [1.54, 1.807) is 0 Å². The Labute approximate surface area is 115 Å². The Balaban J connectivity index is 1.72. The van der Waals surface area contributed by atoms with Crippen LogP contribution in [0, 0.1) is 12.3 Å². The average Bonchev–Trinajstić information content (AvgIpc) is 2.85. The lowest BCUT2D eigenvalue weighted by molar-refractivity contribution is -0.121. The number of hydrogen-bond donors (Lipinski definition) is 1. The summed E-state index contributed by atoms with van der Waals surface area (Å²) in [5.74, 6) is 3.24. The van der Waals surface area contributed by atoms with Crippen molar-refractivity contribution < 1.29 is 4.79 Å². The minimum atomic E-state index is 0.154. The van der Waals surface area contributed by atoms with Crippen LogP contribution >= 0.6 is 0 Å². The average molecular weight is 255 g/mol. The molecule has 100 valence electrons. The molecule has 0 aliphatic heterocycles.